The first-order valence-electron chi connectivity index (χ1n) is 12.6. The Labute approximate surface area is 248 Å². The second-order valence-electron chi connectivity index (χ2n) is 9.72. The molecule has 4 rings (SSSR count). The van der Waals surface area contributed by atoms with Gasteiger partial charge in [0.25, 0.3) is 5.91 Å². The molecule has 1 amide bonds. The van der Waals surface area contributed by atoms with Gasteiger partial charge in [-0.1, -0.05) is 48.0 Å². The van der Waals surface area contributed by atoms with Gasteiger partial charge in [0.15, 0.2) is 0 Å². The van der Waals surface area contributed by atoms with Crippen molar-refractivity contribution in [1.82, 2.24) is 5.01 Å². The van der Waals surface area contributed by atoms with Crippen LogP contribution in [0, 0.1) is 0 Å². The summed E-state index contributed by atoms with van der Waals surface area (Å²) in [5.41, 5.74) is -0.786. The molecule has 5 nitrogen and oxygen atoms in total. The van der Waals surface area contributed by atoms with Crippen LogP contribution in [0.5, 0.6) is 0 Å². The molecular formula is C29H26ClF6N3O2S. The van der Waals surface area contributed by atoms with Gasteiger partial charge in [-0.05, 0) is 60.8 Å². The minimum atomic E-state index is -4.63. The maximum absolute atomic E-state index is 13.6. The summed E-state index contributed by atoms with van der Waals surface area (Å²) in [7, 11) is 1.49. The van der Waals surface area contributed by atoms with Crippen LogP contribution in [0.3, 0.4) is 0 Å². The number of carbonyl (C=O) groups excluding carboxylic acids is 1. The number of methoxy groups -OCH3 is 1. The van der Waals surface area contributed by atoms with E-state index < -0.39 is 39.8 Å². The number of hydrazone groups is 1. The molecule has 0 radical (unpaired) electrons. The molecule has 1 aliphatic rings. The van der Waals surface area contributed by atoms with Crippen molar-refractivity contribution in [3.63, 3.8) is 0 Å². The molecule has 0 N–H and O–H groups in total. The van der Waals surface area contributed by atoms with Crippen molar-refractivity contribution in [3.8, 4) is 0 Å². The Morgan fingerprint density at radius 2 is 1.69 bits per heavy atom. The first-order chi connectivity index (χ1) is 19.7. The maximum atomic E-state index is 13.6. The lowest BCUT2D eigenvalue weighted by Gasteiger charge is -2.28. The average Bonchev–Trinajstić information content (AvgIpc) is 3.27. The van der Waals surface area contributed by atoms with Crippen LogP contribution in [-0.2, 0) is 27.3 Å². The zero-order valence-corrected chi connectivity index (χ0v) is 24.0. The number of ether oxygens (including phenoxy) is 1. The second-order valence-corrected chi connectivity index (χ2v) is 11.2. The summed E-state index contributed by atoms with van der Waals surface area (Å²) in [6, 6.07) is 16.9. The number of rotatable bonds is 9. The topological polar surface area (TPSA) is 45.1 Å². The van der Waals surface area contributed by atoms with Crippen LogP contribution in [-0.4, -0.2) is 49.2 Å². The highest BCUT2D eigenvalue weighted by Crippen LogP contribution is 2.39. The van der Waals surface area contributed by atoms with Gasteiger partial charge in [0, 0.05) is 18.4 Å². The van der Waals surface area contributed by atoms with Crippen molar-refractivity contribution < 1.29 is 35.9 Å². The minimum absolute atomic E-state index is 0.209. The molecule has 0 spiro atoms. The number of hydrogen-bond donors (Lipinski definition) is 0. The zero-order chi connectivity index (χ0) is 30.7. The molecule has 0 fully saturated rings. The Morgan fingerprint density at radius 3 is 2.26 bits per heavy atom. The summed E-state index contributed by atoms with van der Waals surface area (Å²) in [4.78, 5) is 13.6. The van der Waals surface area contributed by atoms with Crippen molar-refractivity contribution in [2.75, 3.05) is 36.9 Å². The fraction of sp³-hybridized carbons (Fsp3) is 0.310. The molecule has 0 saturated carbocycles. The Morgan fingerprint density at radius 1 is 1.02 bits per heavy atom. The Kier molecular flexibility index (Phi) is 9.49. The maximum Gasteiger partial charge on any atom is 0.417 e. The van der Waals surface area contributed by atoms with Gasteiger partial charge < -0.3 is 4.74 Å². The third kappa shape index (κ3) is 7.04. The average molecular weight is 630 g/mol. The highest BCUT2D eigenvalue weighted by atomic mass is 35.5. The van der Waals surface area contributed by atoms with Gasteiger partial charge >= 0.3 is 12.4 Å². The molecular weight excluding hydrogens is 604 g/mol. The van der Waals surface area contributed by atoms with Gasteiger partial charge in [-0.15, -0.1) is 0 Å². The number of alkyl halides is 6. The summed E-state index contributed by atoms with van der Waals surface area (Å²) in [6.45, 7) is 2.13. The van der Waals surface area contributed by atoms with Crippen LogP contribution in [0.1, 0.15) is 29.2 Å². The Bertz CT molecular complexity index is 1430. The molecule has 13 heteroatoms. The van der Waals surface area contributed by atoms with Crippen LogP contribution in [0.15, 0.2) is 77.9 Å². The summed E-state index contributed by atoms with van der Waals surface area (Å²) in [5.74, 6) is -0.106. The largest absolute Gasteiger partial charge is 0.417 e. The van der Waals surface area contributed by atoms with Gasteiger partial charge in [-0.3, -0.25) is 14.1 Å². The summed E-state index contributed by atoms with van der Waals surface area (Å²) >= 11 is 7.11. The van der Waals surface area contributed by atoms with Gasteiger partial charge in [-0.25, -0.2) is 0 Å². The van der Waals surface area contributed by atoms with Gasteiger partial charge in [0.05, 0.1) is 46.1 Å². The molecule has 224 valence electrons. The highest BCUT2D eigenvalue weighted by Gasteiger charge is 2.42. The standard InChI is InChI=1S/C29H26ClF6N3O2S/c1-27(20-6-4-3-5-7-20)18-38(37-26(27)19-8-13-23(24(30)16-19)29(34,35)36)17-25(40)39(42-15-14-41-2)22-11-9-21(10-12-22)28(31,32)33/h3-13,16H,14-15,17-18H2,1-2H3. The number of amides is 1. The molecule has 0 aromatic heterocycles. The molecule has 0 bridgehead atoms. The minimum Gasteiger partial charge on any atom is -0.384 e. The van der Waals surface area contributed by atoms with Crippen LogP contribution in [0.2, 0.25) is 5.02 Å². The molecule has 0 aliphatic carbocycles. The zero-order valence-electron chi connectivity index (χ0n) is 22.5. The molecule has 1 aliphatic heterocycles. The predicted molar refractivity (Wildman–Crippen MR) is 152 cm³/mol. The lowest BCUT2D eigenvalue weighted by molar-refractivity contribution is -0.138. The first-order valence-corrected chi connectivity index (χ1v) is 13.9. The van der Waals surface area contributed by atoms with Crippen molar-refractivity contribution in [3.05, 3.63) is 100 Å². The molecule has 1 unspecified atom stereocenters. The first kappa shape index (κ1) is 31.7. The van der Waals surface area contributed by atoms with E-state index in [0.29, 0.717) is 23.6 Å². The summed E-state index contributed by atoms with van der Waals surface area (Å²) in [5, 5.41) is 5.69. The number of carbonyl (C=O) groups is 1. The number of anilines is 1. The van der Waals surface area contributed by atoms with Crippen LogP contribution >= 0.6 is 23.5 Å². The van der Waals surface area contributed by atoms with E-state index in [0.717, 1.165) is 35.7 Å². The number of benzene rings is 3. The van der Waals surface area contributed by atoms with Crippen LogP contribution in [0.4, 0.5) is 32.0 Å². The van der Waals surface area contributed by atoms with E-state index in [-0.39, 0.29) is 18.8 Å². The van der Waals surface area contributed by atoms with E-state index in [1.54, 1.807) is 0 Å². The van der Waals surface area contributed by atoms with E-state index in [1.165, 1.54) is 40.7 Å². The Balaban J connectivity index is 1.67. The highest BCUT2D eigenvalue weighted by molar-refractivity contribution is 8.01. The molecule has 1 heterocycles. The third-order valence-corrected chi connectivity index (χ3v) is 8.04. The van der Waals surface area contributed by atoms with Crippen LogP contribution < -0.4 is 4.31 Å². The predicted octanol–water partition coefficient (Wildman–Crippen LogP) is 7.68. The quantitative estimate of drug-likeness (QED) is 0.138. The van der Waals surface area contributed by atoms with E-state index in [9.17, 15) is 31.1 Å². The molecule has 1 atom stereocenters. The SMILES string of the molecule is COCCSN(C(=O)CN1CC(C)(c2ccccc2)C(c2ccc(C(F)(F)F)c(Cl)c2)=N1)c1ccc(C(F)(F)F)cc1. The lowest BCUT2D eigenvalue weighted by Crippen LogP contribution is -2.39. The smallest absolute Gasteiger partial charge is 0.384 e. The second kappa shape index (κ2) is 12.6. The van der Waals surface area contributed by atoms with E-state index in [1.807, 2.05) is 37.3 Å². The third-order valence-electron chi connectivity index (χ3n) is 6.70. The van der Waals surface area contributed by atoms with Gasteiger partial charge in [0.1, 0.15) is 6.54 Å². The molecule has 3 aromatic carbocycles. The van der Waals surface area contributed by atoms with Crippen molar-refractivity contribution in [2.24, 2.45) is 5.10 Å². The number of hydrogen-bond acceptors (Lipinski definition) is 5. The normalized spacial score (nSPS) is 17.4. The van der Waals surface area contributed by atoms with E-state index >= 15 is 0 Å². The number of halogens is 7. The van der Waals surface area contributed by atoms with Crippen molar-refractivity contribution in [2.45, 2.75) is 24.7 Å². The number of nitrogens with zero attached hydrogens (tertiary/aromatic N) is 3. The molecule has 42 heavy (non-hydrogen) atoms. The van der Waals surface area contributed by atoms with E-state index in [4.69, 9.17) is 16.3 Å². The monoisotopic (exact) mass is 629 g/mol. The van der Waals surface area contributed by atoms with Crippen LogP contribution in [0.25, 0.3) is 0 Å². The molecule has 0 saturated heterocycles. The van der Waals surface area contributed by atoms with Gasteiger partial charge in [-0.2, -0.15) is 31.4 Å². The summed E-state index contributed by atoms with van der Waals surface area (Å²) < 4.78 is 85.7. The Hall–Kier alpha value is -3.22. The van der Waals surface area contributed by atoms with Gasteiger partial charge in [0.2, 0.25) is 0 Å². The van der Waals surface area contributed by atoms with Crippen molar-refractivity contribution in [1.29, 1.82) is 0 Å². The van der Waals surface area contributed by atoms with Crippen molar-refractivity contribution >= 4 is 40.9 Å². The summed E-state index contributed by atoms with van der Waals surface area (Å²) in [6.07, 6.45) is -9.16. The molecule has 3 aromatic rings. The lowest BCUT2D eigenvalue weighted by atomic mass is 9.76. The fourth-order valence-corrected chi connectivity index (χ4v) is 5.81. The van der Waals surface area contributed by atoms with E-state index in [2.05, 4.69) is 5.10 Å². The fourth-order valence-electron chi connectivity index (χ4n) is 4.63.